The zero-order valence-corrected chi connectivity index (χ0v) is 15.4. The summed E-state index contributed by atoms with van der Waals surface area (Å²) in [5.74, 6) is 0.878. The molecule has 1 aliphatic rings. The molecule has 0 bridgehead atoms. The largest absolute Gasteiger partial charge is 0.313 e. The van der Waals surface area contributed by atoms with Crippen LogP contribution in [0.5, 0.6) is 0 Å². The Kier molecular flexibility index (Phi) is 7.18. The van der Waals surface area contributed by atoms with E-state index in [9.17, 15) is 8.42 Å². The van der Waals surface area contributed by atoms with Crippen LogP contribution in [0.1, 0.15) is 73.1 Å². The minimum atomic E-state index is -2.98. The Hall–Kier alpha value is -0.0900. The zero-order chi connectivity index (χ0) is 16.1. The fourth-order valence-corrected chi connectivity index (χ4v) is 5.68. The lowest BCUT2D eigenvalue weighted by Gasteiger charge is -2.41. The third-order valence-electron chi connectivity index (χ3n) is 4.98. The summed E-state index contributed by atoms with van der Waals surface area (Å²) in [7, 11) is -2.98. The molecule has 0 spiro atoms. The Morgan fingerprint density at radius 1 is 1.10 bits per heavy atom. The summed E-state index contributed by atoms with van der Waals surface area (Å²) in [6, 6.07) is 0.153. The van der Waals surface area contributed by atoms with Gasteiger partial charge in [0.05, 0.1) is 11.0 Å². The fraction of sp³-hybridized carbons (Fsp3) is 1.00. The van der Waals surface area contributed by atoms with Crippen molar-refractivity contribution in [3.63, 3.8) is 0 Å². The van der Waals surface area contributed by atoms with Crippen molar-refractivity contribution in [2.75, 3.05) is 12.3 Å². The predicted octanol–water partition coefficient (Wildman–Crippen LogP) is 3.78. The van der Waals surface area contributed by atoms with Gasteiger partial charge in [-0.15, -0.1) is 0 Å². The molecule has 0 heterocycles. The maximum Gasteiger partial charge on any atom is 0.154 e. The minimum Gasteiger partial charge on any atom is -0.313 e. The summed E-state index contributed by atoms with van der Waals surface area (Å²) in [6.07, 6.45) is 5.86. The lowest BCUT2D eigenvalue weighted by atomic mass is 9.71. The van der Waals surface area contributed by atoms with Gasteiger partial charge in [0, 0.05) is 6.04 Å². The molecule has 0 aromatic heterocycles. The average Bonchev–Trinajstić information content (AvgIpc) is 2.38. The fourth-order valence-electron chi connectivity index (χ4n) is 3.51. The molecule has 0 aromatic carbocycles. The van der Waals surface area contributed by atoms with Crippen LogP contribution in [0.3, 0.4) is 0 Å². The first kappa shape index (κ1) is 19.0. The van der Waals surface area contributed by atoms with Gasteiger partial charge in [0.15, 0.2) is 9.84 Å². The molecule has 0 saturated heterocycles. The second-order valence-corrected chi connectivity index (χ2v) is 9.99. The van der Waals surface area contributed by atoms with E-state index in [4.69, 9.17) is 0 Å². The van der Waals surface area contributed by atoms with Crippen LogP contribution in [-0.4, -0.2) is 32.0 Å². The van der Waals surface area contributed by atoms with Gasteiger partial charge in [-0.2, -0.15) is 0 Å². The van der Waals surface area contributed by atoms with Crippen molar-refractivity contribution >= 4 is 9.84 Å². The Labute approximate surface area is 132 Å². The molecule has 0 amide bonds. The van der Waals surface area contributed by atoms with Crippen molar-refractivity contribution in [1.29, 1.82) is 0 Å². The normalized spacial score (nSPS) is 27.8. The van der Waals surface area contributed by atoms with E-state index in [0.29, 0.717) is 11.7 Å². The van der Waals surface area contributed by atoms with Gasteiger partial charge in [-0.05, 0) is 43.6 Å². The van der Waals surface area contributed by atoms with Gasteiger partial charge in [0.1, 0.15) is 0 Å². The molecule has 0 aromatic rings. The maximum absolute atomic E-state index is 12.8. The van der Waals surface area contributed by atoms with Gasteiger partial charge >= 0.3 is 0 Å². The van der Waals surface area contributed by atoms with Gasteiger partial charge in [-0.3, -0.25) is 0 Å². The topological polar surface area (TPSA) is 46.2 Å². The van der Waals surface area contributed by atoms with Crippen molar-refractivity contribution in [3.05, 3.63) is 0 Å². The third kappa shape index (κ3) is 5.55. The first-order chi connectivity index (χ1) is 9.72. The number of hydrogen-bond acceptors (Lipinski definition) is 3. The molecule has 4 heteroatoms. The van der Waals surface area contributed by atoms with Gasteiger partial charge < -0.3 is 5.32 Å². The smallest absolute Gasteiger partial charge is 0.154 e. The molecule has 0 radical (unpaired) electrons. The van der Waals surface area contributed by atoms with Crippen LogP contribution in [0.25, 0.3) is 0 Å². The van der Waals surface area contributed by atoms with E-state index in [1.54, 1.807) is 0 Å². The van der Waals surface area contributed by atoms with Crippen LogP contribution in [0.2, 0.25) is 0 Å². The van der Waals surface area contributed by atoms with Crippen molar-refractivity contribution in [3.8, 4) is 0 Å². The first-order valence-electron chi connectivity index (χ1n) is 8.67. The van der Waals surface area contributed by atoms with Crippen molar-refractivity contribution in [2.45, 2.75) is 84.4 Å². The Morgan fingerprint density at radius 2 is 1.76 bits per heavy atom. The second kappa shape index (κ2) is 7.96. The monoisotopic (exact) mass is 317 g/mol. The SMILES string of the molecule is CCCCCS(=O)(=O)C1CC(C(C)(C)C)CCC1NCC. The van der Waals surface area contributed by atoms with Crippen LogP contribution in [0.4, 0.5) is 0 Å². The summed E-state index contributed by atoms with van der Waals surface area (Å²) < 4.78 is 25.6. The molecule has 3 nitrogen and oxygen atoms in total. The standard InChI is InChI=1S/C17H35NO2S/c1-6-8-9-12-21(19,20)16-13-14(17(3,4)5)10-11-15(16)18-7-2/h14-16,18H,6-13H2,1-5H3. The molecule has 3 unspecified atom stereocenters. The molecule has 1 aliphatic carbocycles. The van der Waals surface area contributed by atoms with Gasteiger partial charge in [0.25, 0.3) is 0 Å². The molecule has 21 heavy (non-hydrogen) atoms. The summed E-state index contributed by atoms with van der Waals surface area (Å²) in [6.45, 7) is 11.8. The maximum atomic E-state index is 12.8. The lowest BCUT2D eigenvalue weighted by molar-refractivity contribution is 0.163. The second-order valence-electron chi connectivity index (χ2n) is 7.65. The number of rotatable bonds is 7. The molecule has 1 N–H and O–H groups in total. The minimum absolute atomic E-state index is 0.153. The highest BCUT2D eigenvalue weighted by molar-refractivity contribution is 7.92. The van der Waals surface area contributed by atoms with Gasteiger partial charge in [0.2, 0.25) is 0 Å². The number of nitrogens with one attached hydrogen (secondary N) is 1. The summed E-state index contributed by atoms with van der Waals surface area (Å²) in [5.41, 5.74) is 0.203. The summed E-state index contributed by atoms with van der Waals surface area (Å²) in [5, 5.41) is 3.24. The number of unbranched alkanes of at least 4 members (excludes halogenated alkanes) is 2. The Bertz CT molecular complexity index is 398. The molecule has 1 saturated carbocycles. The lowest BCUT2D eigenvalue weighted by Crippen LogP contribution is -2.50. The molecule has 1 fully saturated rings. The van der Waals surface area contributed by atoms with Crippen molar-refractivity contribution in [2.24, 2.45) is 11.3 Å². The Morgan fingerprint density at radius 3 is 2.29 bits per heavy atom. The predicted molar refractivity (Wildman–Crippen MR) is 91.4 cm³/mol. The van der Waals surface area contributed by atoms with E-state index in [2.05, 4.69) is 39.9 Å². The molecule has 3 atom stereocenters. The summed E-state index contributed by atoms with van der Waals surface area (Å²) >= 11 is 0. The average molecular weight is 318 g/mol. The van der Waals surface area contributed by atoms with Crippen LogP contribution < -0.4 is 5.32 Å². The quantitative estimate of drug-likeness (QED) is 0.727. The first-order valence-corrected chi connectivity index (χ1v) is 10.4. The van der Waals surface area contributed by atoms with Crippen LogP contribution in [-0.2, 0) is 9.84 Å². The van der Waals surface area contributed by atoms with E-state index in [-0.39, 0.29) is 16.7 Å². The van der Waals surface area contributed by atoms with Crippen molar-refractivity contribution in [1.82, 2.24) is 5.32 Å². The van der Waals surface area contributed by atoms with E-state index < -0.39 is 9.84 Å². The van der Waals surface area contributed by atoms with E-state index in [1.807, 2.05) is 0 Å². The van der Waals surface area contributed by atoms with Gasteiger partial charge in [-0.1, -0.05) is 47.5 Å². The van der Waals surface area contributed by atoms with E-state index >= 15 is 0 Å². The molecular formula is C17H35NO2S. The molecule has 1 rings (SSSR count). The summed E-state index contributed by atoms with van der Waals surface area (Å²) in [4.78, 5) is 0. The highest BCUT2D eigenvalue weighted by Gasteiger charge is 2.41. The Balaban J connectivity index is 2.83. The highest BCUT2D eigenvalue weighted by Crippen LogP contribution is 2.40. The van der Waals surface area contributed by atoms with Crippen LogP contribution in [0.15, 0.2) is 0 Å². The number of sulfone groups is 1. The number of hydrogen-bond donors (Lipinski definition) is 1. The highest BCUT2D eigenvalue weighted by atomic mass is 32.2. The molecular weight excluding hydrogens is 282 g/mol. The third-order valence-corrected chi connectivity index (χ3v) is 7.28. The molecule has 0 aliphatic heterocycles. The van der Waals surface area contributed by atoms with Crippen molar-refractivity contribution < 1.29 is 8.42 Å². The zero-order valence-electron chi connectivity index (χ0n) is 14.6. The van der Waals surface area contributed by atoms with E-state index in [1.165, 1.54) is 0 Å². The molecule has 126 valence electrons. The van der Waals surface area contributed by atoms with Crippen LogP contribution >= 0.6 is 0 Å². The van der Waals surface area contributed by atoms with Crippen LogP contribution in [0, 0.1) is 11.3 Å². The van der Waals surface area contributed by atoms with Gasteiger partial charge in [-0.25, -0.2) is 8.42 Å². The van der Waals surface area contributed by atoms with E-state index in [0.717, 1.165) is 45.1 Å².